The number of carbonyl (C=O) groups is 2. The zero-order valence-electron chi connectivity index (χ0n) is 16.9. The van der Waals surface area contributed by atoms with Gasteiger partial charge in [-0.2, -0.15) is 0 Å². The molecule has 9 atom stereocenters. The molecule has 0 aromatic rings. The van der Waals surface area contributed by atoms with Crippen molar-refractivity contribution in [2.45, 2.75) is 63.6 Å². The van der Waals surface area contributed by atoms with Crippen molar-refractivity contribution < 1.29 is 33.7 Å². The van der Waals surface area contributed by atoms with E-state index in [-0.39, 0.29) is 24.8 Å². The van der Waals surface area contributed by atoms with Gasteiger partial charge >= 0.3 is 0 Å². The first kappa shape index (κ1) is 20.8. The van der Waals surface area contributed by atoms with Gasteiger partial charge in [-0.15, -0.1) is 0 Å². The lowest BCUT2D eigenvalue weighted by atomic mass is 9.44. The van der Waals surface area contributed by atoms with Gasteiger partial charge in [-0.1, -0.05) is 19.9 Å². The van der Waals surface area contributed by atoms with Crippen molar-refractivity contribution in [1.82, 2.24) is 0 Å². The predicted octanol–water partition coefficient (Wildman–Crippen LogP) is 1.84. The highest BCUT2D eigenvalue weighted by atomic mass is 19.1. The maximum atomic E-state index is 16.9. The monoisotopic (exact) mass is 410 g/mol. The number of halogens is 2. The molecule has 0 amide bonds. The van der Waals surface area contributed by atoms with Gasteiger partial charge in [0.15, 0.2) is 17.2 Å². The highest BCUT2D eigenvalue weighted by Crippen LogP contribution is 2.70. The highest BCUT2D eigenvalue weighted by molar-refractivity contribution is 6.01. The molecule has 4 aliphatic rings. The third kappa shape index (κ3) is 2.19. The summed E-state index contributed by atoms with van der Waals surface area (Å²) in [5.41, 5.74) is -6.81. The summed E-state index contributed by atoms with van der Waals surface area (Å²) in [4.78, 5) is 24.3. The zero-order valence-corrected chi connectivity index (χ0v) is 16.9. The van der Waals surface area contributed by atoms with Gasteiger partial charge in [-0.05, 0) is 55.7 Å². The number of rotatable bonds is 2. The minimum atomic E-state index is -2.24. The topological polar surface area (TPSA) is 94.8 Å². The van der Waals surface area contributed by atoms with Crippen LogP contribution in [0.3, 0.4) is 0 Å². The van der Waals surface area contributed by atoms with Crippen LogP contribution in [0.15, 0.2) is 23.8 Å². The lowest BCUT2D eigenvalue weighted by molar-refractivity contribution is -0.223. The first-order chi connectivity index (χ1) is 13.4. The number of aliphatic hydroxyl groups is 3. The number of aliphatic hydroxyl groups excluding tert-OH is 2. The Hall–Kier alpha value is -1.44. The Morgan fingerprint density at radius 1 is 1.28 bits per heavy atom. The van der Waals surface area contributed by atoms with Crippen LogP contribution in [0.2, 0.25) is 0 Å². The standard InChI is InChI=1S/C22H28F2O5/c1-11-6-13-14-8-16(23)15-7-12(26)4-5-19(15,2)21(14,24)17(27)9-20(13,3)22(11,29)18(28)10-25/h4-5,7,11,13-14,16-17,25,27,29H,6,8-10H2,1-3H3/t11-,13-,14-,16+,17-,19-,20-,21?,22-/m0/s1. The molecule has 4 aliphatic carbocycles. The van der Waals surface area contributed by atoms with Crippen molar-refractivity contribution in [1.29, 1.82) is 0 Å². The van der Waals surface area contributed by atoms with Crippen molar-refractivity contribution in [3.05, 3.63) is 23.8 Å². The molecule has 0 bridgehead atoms. The minimum Gasteiger partial charge on any atom is -0.390 e. The molecule has 0 spiro atoms. The van der Waals surface area contributed by atoms with Crippen molar-refractivity contribution in [2.75, 3.05) is 6.61 Å². The van der Waals surface area contributed by atoms with Gasteiger partial charge in [-0.3, -0.25) is 9.59 Å². The average molecular weight is 410 g/mol. The Morgan fingerprint density at radius 3 is 2.55 bits per heavy atom. The van der Waals surface area contributed by atoms with Crippen molar-refractivity contribution >= 4 is 11.6 Å². The summed E-state index contributed by atoms with van der Waals surface area (Å²) in [5, 5.41) is 31.9. The molecule has 3 fully saturated rings. The molecule has 4 rings (SSSR count). The quantitative estimate of drug-likeness (QED) is 0.646. The van der Waals surface area contributed by atoms with Crippen molar-refractivity contribution in [2.24, 2.45) is 28.6 Å². The van der Waals surface area contributed by atoms with Crippen LogP contribution < -0.4 is 0 Å². The molecule has 0 aromatic heterocycles. The second kappa shape index (κ2) is 6.05. The molecule has 0 aromatic carbocycles. The van der Waals surface area contributed by atoms with E-state index in [2.05, 4.69) is 0 Å². The first-order valence-electron chi connectivity index (χ1n) is 10.2. The number of allylic oxidation sites excluding steroid dienone is 4. The van der Waals surface area contributed by atoms with Crippen LogP contribution in [-0.4, -0.2) is 57.0 Å². The molecule has 1 unspecified atom stereocenters. The van der Waals surface area contributed by atoms with Crippen LogP contribution in [0.1, 0.15) is 40.0 Å². The van der Waals surface area contributed by atoms with E-state index >= 15 is 8.78 Å². The van der Waals surface area contributed by atoms with Gasteiger partial charge in [0.2, 0.25) is 0 Å². The molecule has 29 heavy (non-hydrogen) atoms. The molecule has 0 saturated heterocycles. The first-order valence-corrected chi connectivity index (χ1v) is 10.2. The SMILES string of the molecule is C[C@H]1C[C@H]2[C@@H]3C[C@@H](F)C4=CC(=O)C=C[C@]4(C)C3(F)[C@@H](O)C[C@]2(C)[C@@]1(O)C(=O)CO. The third-order valence-electron chi connectivity index (χ3n) is 8.78. The number of ketones is 2. The van der Waals surface area contributed by atoms with Crippen LogP contribution in [0.25, 0.3) is 0 Å². The Morgan fingerprint density at radius 2 is 1.93 bits per heavy atom. The number of Topliss-reactive ketones (excluding diaryl/α,β-unsaturated/α-hetero) is 1. The molecule has 3 N–H and O–H groups in total. The summed E-state index contributed by atoms with van der Waals surface area (Å²) in [7, 11) is 0. The number of fused-ring (bicyclic) bond motifs is 5. The summed E-state index contributed by atoms with van der Waals surface area (Å²) < 4.78 is 32.1. The number of carbonyl (C=O) groups excluding carboxylic acids is 2. The zero-order chi connectivity index (χ0) is 21.6. The molecule has 7 heteroatoms. The van der Waals surface area contributed by atoms with Crippen molar-refractivity contribution in [3.8, 4) is 0 Å². The normalized spacial score (nSPS) is 53.7. The van der Waals surface area contributed by atoms with Gasteiger partial charge in [-0.25, -0.2) is 8.78 Å². The van der Waals surface area contributed by atoms with Crippen molar-refractivity contribution in [3.63, 3.8) is 0 Å². The maximum Gasteiger partial charge on any atom is 0.190 e. The number of hydrogen-bond donors (Lipinski definition) is 3. The average Bonchev–Trinajstić information content (AvgIpc) is 2.86. The van der Waals surface area contributed by atoms with Crippen LogP contribution in [-0.2, 0) is 9.59 Å². The summed E-state index contributed by atoms with van der Waals surface area (Å²) >= 11 is 0. The van der Waals surface area contributed by atoms with E-state index in [4.69, 9.17) is 0 Å². The molecular formula is C22H28F2O5. The molecule has 160 valence electrons. The third-order valence-corrected chi connectivity index (χ3v) is 8.78. The maximum absolute atomic E-state index is 16.9. The fraction of sp³-hybridized carbons (Fsp3) is 0.727. The summed E-state index contributed by atoms with van der Waals surface area (Å²) in [6, 6.07) is 0. The Balaban J connectivity index is 1.87. The molecule has 0 aliphatic heterocycles. The van der Waals surface area contributed by atoms with E-state index in [1.54, 1.807) is 13.8 Å². The Bertz CT molecular complexity index is 839. The summed E-state index contributed by atoms with van der Waals surface area (Å²) in [5.74, 6) is -3.24. The molecule has 0 heterocycles. The molecular weight excluding hydrogens is 382 g/mol. The Labute approximate surface area is 168 Å². The van der Waals surface area contributed by atoms with Gasteiger partial charge in [0.25, 0.3) is 0 Å². The van der Waals surface area contributed by atoms with Crippen LogP contribution in [0.5, 0.6) is 0 Å². The van der Waals surface area contributed by atoms with Crippen LogP contribution >= 0.6 is 0 Å². The highest BCUT2D eigenvalue weighted by Gasteiger charge is 2.76. The van der Waals surface area contributed by atoms with E-state index in [1.807, 2.05) is 0 Å². The summed E-state index contributed by atoms with van der Waals surface area (Å²) in [6.45, 7) is 3.96. The second-order valence-electron chi connectivity index (χ2n) is 9.84. The minimum absolute atomic E-state index is 0.0409. The second-order valence-corrected chi connectivity index (χ2v) is 9.84. The smallest absolute Gasteiger partial charge is 0.190 e. The van der Waals surface area contributed by atoms with Gasteiger partial charge in [0.05, 0.1) is 6.10 Å². The Kier molecular flexibility index (Phi) is 4.34. The van der Waals surface area contributed by atoms with E-state index in [9.17, 15) is 24.9 Å². The predicted molar refractivity (Wildman–Crippen MR) is 100 cm³/mol. The lowest BCUT2D eigenvalue weighted by Crippen LogP contribution is -2.70. The van der Waals surface area contributed by atoms with E-state index < -0.39 is 70.3 Å². The lowest BCUT2D eigenvalue weighted by Gasteiger charge is -2.63. The largest absolute Gasteiger partial charge is 0.390 e. The summed E-state index contributed by atoms with van der Waals surface area (Å²) in [6.07, 6.45) is 0.427. The van der Waals surface area contributed by atoms with E-state index in [0.717, 1.165) is 6.08 Å². The fourth-order valence-corrected chi connectivity index (χ4v) is 7.25. The molecule has 5 nitrogen and oxygen atoms in total. The van der Waals surface area contributed by atoms with Crippen LogP contribution in [0, 0.1) is 28.6 Å². The van der Waals surface area contributed by atoms with E-state index in [1.165, 1.54) is 19.1 Å². The van der Waals surface area contributed by atoms with Gasteiger partial charge in [0, 0.05) is 16.7 Å². The number of hydrogen-bond acceptors (Lipinski definition) is 5. The van der Waals surface area contributed by atoms with Crippen LogP contribution in [0.4, 0.5) is 8.78 Å². The molecule has 3 saturated carbocycles. The fourth-order valence-electron chi connectivity index (χ4n) is 7.25. The number of alkyl halides is 2. The van der Waals surface area contributed by atoms with Gasteiger partial charge < -0.3 is 15.3 Å². The van der Waals surface area contributed by atoms with Gasteiger partial charge in [0.1, 0.15) is 18.4 Å². The molecule has 0 radical (unpaired) electrons. The van der Waals surface area contributed by atoms with E-state index in [0.29, 0.717) is 0 Å².